The summed E-state index contributed by atoms with van der Waals surface area (Å²) in [4.78, 5) is 12.9. The number of hydrogen-bond donors (Lipinski definition) is 1. The van der Waals surface area contributed by atoms with Crippen LogP contribution in [0, 0.1) is 3.57 Å². The molecule has 0 bridgehead atoms. The normalized spacial score (nSPS) is 9.80. The number of amides is 1. The lowest BCUT2D eigenvalue weighted by Gasteiger charge is -2.11. The molecule has 0 atom stereocenters. The van der Waals surface area contributed by atoms with Crippen molar-refractivity contribution in [1.29, 1.82) is 0 Å². The zero-order chi connectivity index (χ0) is 11.3. The summed E-state index contributed by atoms with van der Waals surface area (Å²) in [7, 11) is 3.54. The van der Waals surface area contributed by atoms with E-state index in [9.17, 15) is 4.79 Å². The van der Waals surface area contributed by atoms with Gasteiger partial charge in [-0.15, -0.1) is 0 Å². The van der Waals surface area contributed by atoms with Crippen molar-refractivity contribution >= 4 is 34.2 Å². The fraction of sp³-hybridized carbons (Fsp3) is 0.364. The zero-order valence-electron chi connectivity index (χ0n) is 8.96. The number of carbonyl (C=O) groups is 1. The van der Waals surface area contributed by atoms with E-state index in [-0.39, 0.29) is 5.91 Å². The number of anilines is 1. The molecule has 0 aromatic heterocycles. The minimum absolute atomic E-state index is 0.146. The molecule has 0 aliphatic rings. The molecule has 0 saturated heterocycles. The first kappa shape index (κ1) is 12.3. The summed E-state index contributed by atoms with van der Waals surface area (Å²) in [5.41, 5.74) is 1.06. The van der Waals surface area contributed by atoms with Crippen LogP contribution in [0.5, 0.6) is 0 Å². The van der Waals surface area contributed by atoms with Gasteiger partial charge in [-0.2, -0.15) is 0 Å². The van der Waals surface area contributed by atoms with E-state index >= 15 is 0 Å². The molecule has 0 saturated carbocycles. The van der Waals surface area contributed by atoms with Crippen LogP contribution in [0.2, 0.25) is 0 Å². The van der Waals surface area contributed by atoms with E-state index in [0.717, 1.165) is 5.69 Å². The predicted molar refractivity (Wildman–Crippen MR) is 71.0 cm³/mol. The Labute approximate surface area is 104 Å². The Bertz CT molecular complexity index is 339. The van der Waals surface area contributed by atoms with Crippen LogP contribution in [0.15, 0.2) is 24.3 Å². The van der Waals surface area contributed by atoms with Gasteiger partial charge in [0.2, 0.25) is 5.91 Å². The van der Waals surface area contributed by atoms with Crippen LogP contribution in [0.25, 0.3) is 0 Å². The van der Waals surface area contributed by atoms with Crippen LogP contribution in [-0.2, 0) is 4.79 Å². The molecule has 0 unspecified atom stereocenters. The minimum atomic E-state index is 0.146. The van der Waals surface area contributed by atoms with Crippen LogP contribution in [0.3, 0.4) is 0 Å². The molecule has 0 fully saturated rings. The van der Waals surface area contributed by atoms with E-state index in [1.54, 1.807) is 19.0 Å². The quantitative estimate of drug-likeness (QED) is 0.863. The second-order valence-corrected chi connectivity index (χ2v) is 4.72. The average Bonchev–Trinajstić information content (AvgIpc) is 2.17. The van der Waals surface area contributed by atoms with Crippen LogP contribution in [0.4, 0.5) is 5.69 Å². The van der Waals surface area contributed by atoms with Crippen molar-refractivity contribution < 1.29 is 4.79 Å². The Morgan fingerprint density at radius 2 is 2.20 bits per heavy atom. The molecule has 0 heterocycles. The molecule has 1 rings (SSSR count). The van der Waals surface area contributed by atoms with Crippen LogP contribution < -0.4 is 5.32 Å². The number of benzene rings is 1. The third-order valence-corrected chi connectivity index (χ3v) is 2.66. The summed E-state index contributed by atoms with van der Waals surface area (Å²) in [6.45, 7) is 0.678. The predicted octanol–water partition coefficient (Wildman–Crippen LogP) is 2.18. The Balaban J connectivity index is 2.35. The highest BCUT2D eigenvalue weighted by Crippen LogP contribution is 2.12. The molecular formula is C11H15IN2O. The van der Waals surface area contributed by atoms with Gasteiger partial charge in [0.1, 0.15) is 0 Å². The lowest BCUT2D eigenvalue weighted by atomic mass is 10.3. The summed E-state index contributed by atoms with van der Waals surface area (Å²) in [6.07, 6.45) is 0.526. The molecule has 3 nitrogen and oxygen atoms in total. The van der Waals surface area contributed by atoms with Crippen LogP contribution in [0.1, 0.15) is 6.42 Å². The molecule has 0 aliphatic carbocycles. The van der Waals surface area contributed by atoms with E-state index in [0.29, 0.717) is 13.0 Å². The van der Waals surface area contributed by atoms with Gasteiger partial charge in [0.25, 0.3) is 0 Å². The highest BCUT2D eigenvalue weighted by atomic mass is 127. The van der Waals surface area contributed by atoms with Crippen molar-refractivity contribution in [3.8, 4) is 0 Å². The van der Waals surface area contributed by atoms with Gasteiger partial charge in [-0.3, -0.25) is 4.79 Å². The molecule has 1 N–H and O–H groups in total. The molecule has 15 heavy (non-hydrogen) atoms. The maximum absolute atomic E-state index is 11.3. The molecular weight excluding hydrogens is 303 g/mol. The topological polar surface area (TPSA) is 32.3 Å². The first-order valence-corrected chi connectivity index (χ1v) is 5.87. The van der Waals surface area contributed by atoms with Gasteiger partial charge in [0, 0.05) is 36.3 Å². The molecule has 0 spiro atoms. The molecule has 0 radical (unpaired) electrons. The minimum Gasteiger partial charge on any atom is -0.384 e. The standard InChI is InChI=1S/C11H15IN2O/c1-14(2)11(15)6-7-13-10-5-3-4-9(12)8-10/h3-5,8,13H,6-7H2,1-2H3. The smallest absolute Gasteiger partial charge is 0.223 e. The van der Waals surface area contributed by atoms with E-state index in [1.807, 2.05) is 18.2 Å². The van der Waals surface area contributed by atoms with Gasteiger partial charge in [-0.1, -0.05) is 6.07 Å². The molecule has 82 valence electrons. The van der Waals surface area contributed by atoms with Gasteiger partial charge in [-0.25, -0.2) is 0 Å². The first-order valence-electron chi connectivity index (χ1n) is 4.79. The Morgan fingerprint density at radius 3 is 2.80 bits per heavy atom. The van der Waals surface area contributed by atoms with Gasteiger partial charge in [0.05, 0.1) is 0 Å². The molecule has 4 heteroatoms. The third-order valence-electron chi connectivity index (χ3n) is 1.99. The van der Waals surface area contributed by atoms with Crippen LogP contribution in [-0.4, -0.2) is 31.4 Å². The number of rotatable bonds is 4. The van der Waals surface area contributed by atoms with Gasteiger partial charge in [0.15, 0.2) is 0 Å². The SMILES string of the molecule is CN(C)C(=O)CCNc1cccc(I)c1. The largest absolute Gasteiger partial charge is 0.384 e. The lowest BCUT2D eigenvalue weighted by Crippen LogP contribution is -2.23. The maximum Gasteiger partial charge on any atom is 0.223 e. The van der Waals surface area contributed by atoms with E-state index in [2.05, 4.69) is 34.0 Å². The van der Waals surface area contributed by atoms with Gasteiger partial charge in [-0.05, 0) is 40.8 Å². The van der Waals surface area contributed by atoms with Crippen molar-refractivity contribution in [2.45, 2.75) is 6.42 Å². The summed E-state index contributed by atoms with van der Waals surface area (Å²) in [6, 6.07) is 8.09. The maximum atomic E-state index is 11.3. The number of nitrogens with zero attached hydrogens (tertiary/aromatic N) is 1. The van der Waals surface area contributed by atoms with Gasteiger partial charge >= 0.3 is 0 Å². The van der Waals surface area contributed by atoms with Crippen molar-refractivity contribution in [2.75, 3.05) is 26.0 Å². The van der Waals surface area contributed by atoms with Crippen molar-refractivity contribution in [3.05, 3.63) is 27.8 Å². The number of halogens is 1. The number of carbonyl (C=O) groups excluding carboxylic acids is 1. The Hall–Kier alpha value is -0.780. The first-order chi connectivity index (χ1) is 7.09. The van der Waals surface area contributed by atoms with Crippen molar-refractivity contribution in [1.82, 2.24) is 4.90 Å². The second-order valence-electron chi connectivity index (χ2n) is 3.48. The lowest BCUT2D eigenvalue weighted by molar-refractivity contribution is -0.128. The monoisotopic (exact) mass is 318 g/mol. The fourth-order valence-electron chi connectivity index (χ4n) is 1.14. The van der Waals surface area contributed by atoms with Crippen molar-refractivity contribution in [3.63, 3.8) is 0 Å². The summed E-state index contributed by atoms with van der Waals surface area (Å²) in [5, 5.41) is 3.22. The van der Waals surface area contributed by atoms with Crippen LogP contribution >= 0.6 is 22.6 Å². The molecule has 0 aliphatic heterocycles. The Morgan fingerprint density at radius 1 is 1.47 bits per heavy atom. The zero-order valence-corrected chi connectivity index (χ0v) is 11.1. The summed E-state index contributed by atoms with van der Waals surface area (Å²) < 4.78 is 1.19. The second kappa shape index (κ2) is 5.95. The summed E-state index contributed by atoms with van der Waals surface area (Å²) >= 11 is 2.27. The van der Waals surface area contributed by atoms with E-state index in [4.69, 9.17) is 0 Å². The average molecular weight is 318 g/mol. The van der Waals surface area contributed by atoms with Gasteiger partial charge < -0.3 is 10.2 Å². The summed E-state index contributed by atoms with van der Waals surface area (Å²) in [5.74, 6) is 0.146. The molecule has 1 aromatic rings. The van der Waals surface area contributed by atoms with E-state index in [1.165, 1.54) is 3.57 Å². The van der Waals surface area contributed by atoms with Crippen molar-refractivity contribution in [2.24, 2.45) is 0 Å². The highest BCUT2D eigenvalue weighted by molar-refractivity contribution is 14.1. The fourth-order valence-corrected chi connectivity index (χ4v) is 1.68. The Kier molecular flexibility index (Phi) is 4.87. The number of nitrogens with one attached hydrogen (secondary N) is 1. The highest BCUT2D eigenvalue weighted by Gasteiger charge is 2.02. The molecule has 1 aromatic carbocycles. The third kappa shape index (κ3) is 4.51. The van der Waals surface area contributed by atoms with E-state index < -0.39 is 0 Å². The molecule has 1 amide bonds. The number of hydrogen-bond acceptors (Lipinski definition) is 2.